The molecule has 1 atom stereocenters. The topological polar surface area (TPSA) is 71.8 Å². The van der Waals surface area contributed by atoms with Crippen molar-refractivity contribution in [3.05, 3.63) is 75.4 Å². The molecule has 8 heteroatoms. The first-order chi connectivity index (χ1) is 15.9. The van der Waals surface area contributed by atoms with E-state index in [0.717, 1.165) is 46.7 Å². The fourth-order valence-corrected chi connectivity index (χ4v) is 5.01. The van der Waals surface area contributed by atoms with Crippen molar-refractivity contribution in [3.63, 3.8) is 0 Å². The number of aromatic nitrogens is 3. The number of nitrogens with one attached hydrogen (secondary N) is 2. The molecule has 0 bridgehead atoms. The summed E-state index contributed by atoms with van der Waals surface area (Å²) in [6, 6.07) is 13.0. The third kappa shape index (κ3) is 4.80. The number of anilines is 2. The number of unbranched alkanes of at least 4 members (excludes halogenated alkanes) is 1. The first-order valence-corrected chi connectivity index (χ1v) is 12.5. The van der Waals surface area contributed by atoms with Crippen LogP contribution >= 0.6 is 23.4 Å². The van der Waals surface area contributed by atoms with Gasteiger partial charge in [-0.15, -0.1) is 5.10 Å². The summed E-state index contributed by atoms with van der Waals surface area (Å²) in [5, 5.41) is 12.4. The van der Waals surface area contributed by atoms with E-state index in [1.807, 2.05) is 63.2 Å². The summed E-state index contributed by atoms with van der Waals surface area (Å²) in [5.41, 5.74) is 5.05. The van der Waals surface area contributed by atoms with E-state index in [0.29, 0.717) is 21.7 Å². The van der Waals surface area contributed by atoms with Crippen LogP contribution in [0.1, 0.15) is 49.4 Å². The van der Waals surface area contributed by atoms with Crippen LogP contribution in [-0.4, -0.2) is 26.4 Å². The Morgan fingerprint density at radius 1 is 1.18 bits per heavy atom. The quantitative estimate of drug-likeness (QED) is 0.303. The van der Waals surface area contributed by atoms with Crippen LogP contribution in [0, 0.1) is 13.8 Å². The van der Waals surface area contributed by atoms with E-state index in [9.17, 15) is 4.79 Å². The Labute approximate surface area is 203 Å². The van der Waals surface area contributed by atoms with Gasteiger partial charge in [0, 0.05) is 27.7 Å². The lowest BCUT2D eigenvalue weighted by Crippen LogP contribution is -2.31. The number of aryl methyl sites for hydroxylation is 1. The van der Waals surface area contributed by atoms with Crippen LogP contribution in [0.5, 0.6) is 0 Å². The minimum Gasteiger partial charge on any atom is -0.328 e. The maximum atomic E-state index is 13.6. The lowest BCUT2D eigenvalue weighted by atomic mass is 9.94. The van der Waals surface area contributed by atoms with Crippen molar-refractivity contribution in [2.75, 3.05) is 16.4 Å². The normalized spacial score (nSPS) is 15.2. The number of fused-ring (bicyclic) bond motifs is 1. The molecule has 0 saturated carbocycles. The first-order valence-electron chi connectivity index (χ1n) is 11.1. The average Bonchev–Trinajstić information content (AvgIpc) is 3.19. The number of hydrogen-bond acceptors (Lipinski definition) is 5. The summed E-state index contributed by atoms with van der Waals surface area (Å²) in [6.45, 7) is 8.09. The van der Waals surface area contributed by atoms with E-state index in [4.69, 9.17) is 16.7 Å². The van der Waals surface area contributed by atoms with Crippen LogP contribution in [0.2, 0.25) is 5.02 Å². The third-order valence-corrected chi connectivity index (χ3v) is 7.13. The molecule has 6 nitrogen and oxygen atoms in total. The van der Waals surface area contributed by atoms with Crippen LogP contribution in [-0.2, 0) is 4.79 Å². The van der Waals surface area contributed by atoms with Gasteiger partial charge >= 0.3 is 0 Å². The zero-order chi connectivity index (χ0) is 23.5. The largest absolute Gasteiger partial charge is 0.328 e. The molecule has 0 aliphatic carbocycles. The highest BCUT2D eigenvalue weighted by molar-refractivity contribution is 7.99. The van der Waals surface area contributed by atoms with Gasteiger partial charge in [0.05, 0.1) is 5.57 Å². The second kappa shape index (κ2) is 10.0. The minimum atomic E-state index is -0.493. The Morgan fingerprint density at radius 2 is 1.97 bits per heavy atom. The molecule has 1 unspecified atom stereocenters. The van der Waals surface area contributed by atoms with E-state index in [2.05, 4.69) is 22.5 Å². The van der Waals surface area contributed by atoms with Crippen molar-refractivity contribution in [2.24, 2.45) is 0 Å². The molecule has 2 aromatic carbocycles. The van der Waals surface area contributed by atoms with Crippen molar-refractivity contribution in [1.29, 1.82) is 0 Å². The molecule has 1 aliphatic heterocycles. The summed E-state index contributed by atoms with van der Waals surface area (Å²) in [5.74, 6) is 1.36. The molecule has 2 N–H and O–H groups in total. The monoisotopic (exact) mass is 481 g/mol. The van der Waals surface area contributed by atoms with Gasteiger partial charge in [-0.2, -0.15) is 4.98 Å². The molecule has 33 heavy (non-hydrogen) atoms. The van der Waals surface area contributed by atoms with Gasteiger partial charge in [-0.25, -0.2) is 4.68 Å². The highest BCUT2D eigenvalue weighted by Gasteiger charge is 2.35. The van der Waals surface area contributed by atoms with Crippen molar-refractivity contribution >= 4 is 40.9 Å². The second-order valence-electron chi connectivity index (χ2n) is 8.15. The smallest absolute Gasteiger partial charge is 0.255 e. The van der Waals surface area contributed by atoms with Crippen LogP contribution < -0.4 is 10.6 Å². The van der Waals surface area contributed by atoms with Gasteiger partial charge in [0.1, 0.15) is 6.04 Å². The molecule has 1 aromatic heterocycles. The Balaban J connectivity index is 1.76. The van der Waals surface area contributed by atoms with Crippen molar-refractivity contribution in [1.82, 2.24) is 14.8 Å². The standard InChI is InChI=1S/C25H28ClN5OS/c1-5-6-14-33-25-29-24-27-17(4)21(23(32)28-20-13-9-10-15(2)16(20)3)22(31(24)30-25)18-11-7-8-12-19(18)26/h7-13,22H,5-6,14H2,1-4H3,(H,28,32)(H,27,29,30). The highest BCUT2D eigenvalue weighted by atomic mass is 35.5. The number of hydrogen-bond donors (Lipinski definition) is 2. The summed E-state index contributed by atoms with van der Waals surface area (Å²) >= 11 is 8.24. The fraction of sp³-hybridized carbons (Fsp3) is 0.320. The molecule has 0 saturated heterocycles. The molecule has 0 spiro atoms. The number of amides is 1. The van der Waals surface area contributed by atoms with Crippen LogP contribution in [0.25, 0.3) is 0 Å². The number of rotatable bonds is 7. The summed E-state index contributed by atoms with van der Waals surface area (Å²) in [4.78, 5) is 18.3. The van der Waals surface area contributed by atoms with Gasteiger partial charge in [-0.3, -0.25) is 4.79 Å². The number of carbonyl (C=O) groups is 1. The maximum Gasteiger partial charge on any atom is 0.255 e. The van der Waals surface area contributed by atoms with Crippen molar-refractivity contribution in [3.8, 4) is 0 Å². The number of benzene rings is 2. The Kier molecular flexibility index (Phi) is 7.10. The van der Waals surface area contributed by atoms with Crippen LogP contribution in [0.3, 0.4) is 0 Å². The molecular weight excluding hydrogens is 454 g/mol. The lowest BCUT2D eigenvalue weighted by molar-refractivity contribution is -0.113. The molecule has 2 heterocycles. The van der Waals surface area contributed by atoms with Crippen molar-refractivity contribution in [2.45, 2.75) is 51.7 Å². The molecule has 1 amide bonds. The van der Waals surface area contributed by atoms with Gasteiger partial charge in [-0.1, -0.05) is 67.0 Å². The van der Waals surface area contributed by atoms with Crippen LogP contribution in [0.15, 0.2) is 58.9 Å². The van der Waals surface area contributed by atoms with Crippen molar-refractivity contribution < 1.29 is 4.79 Å². The predicted molar refractivity (Wildman–Crippen MR) is 136 cm³/mol. The van der Waals surface area contributed by atoms with Crippen LogP contribution in [0.4, 0.5) is 11.6 Å². The molecule has 3 aromatic rings. The van der Waals surface area contributed by atoms with E-state index >= 15 is 0 Å². The van der Waals surface area contributed by atoms with E-state index in [-0.39, 0.29) is 5.91 Å². The highest BCUT2D eigenvalue weighted by Crippen LogP contribution is 2.39. The predicted octanol–water partition coefficient (Wildman–Crippen LogP) is 6.37. The average molecular weight is 482 g/mol. The molecule has 0 fully saturated rings. The summed E-state index contributed by atoms with van der Waals surface area (Å²) < 4.78 is 1.78. The Bertz CT molecular complexity index is 1220. The summed E-state index contributed by atoms with van der Waals surface area (Å²) in [7, 11) is 0. The maximum absolute atomic E-state index is 13.6. The molecule has 1 aliphatic rings. The number of thioether (sulfide) groups is 1. The molecule has 0 radical (unpaired) electrons. The third-order valence-electron chi connectivity index (χ3n) is 5.86. The van der Waals surface area contributed by atoms with E-state index in [1.165, 1.54) is 0 Å². The molecule has 4 rings (SSSR count). The number of allylic oxidation sites excluding steroid dienone is 1. The molecular formula is C25H28ClN5OS. The van der Waals surface area contributed by atoms with Gasteiger partial charge in [0.25, 0.3) is 5.91 Å². The lowest BCUT2D eigenvalue weighted by Gasteiger charge is -2.29. The fourth-order valence-electron chi connectivity index (χ4n) is 3.86. The SMILES string of the molecule is CCCCSc1nc2n(n1)C(c1ccccc1Cl)C(C(=O)Nc1cccc(C)c1C)=C(C)N2. The number of nitrogens with zero attached hydrogens (tertiary/aromatic N) is 3. The Morgan fingerprint density at radius 3 is 2.73 bits per heavy atom. The zero-order valence-corrected chi connectivity index (χ0v) is 20.8. The summed E-state index contributed by atoms with van der Waals surface area (Å²) in [6.07, 6.45) is 2.21. The first kappa shape index (κ1) is 23.4. The van der Waals surface area contributed by atoms with Gasteiger partial charge in [0.2, 0.25) is 11.1 Å². The number of carbonyl (C=O) groups excluding carboxylic acids is 1. The second-order valence-corrected chi connectivity index (χ2v) is 9.62. The van der Waals surface area contributed by atoms with Gasteiger partial charge in [-0.05, 0) is 50.5 Å². The molecule has 172 valence electrons. The minimum absolute atomic E-state index is 0.194. The Hall–Kier alpha value is -2.77. The zero-order valence-electron chi connectivity index (χ0n) is 19.3. The van der Waals surface area contributed by atoms with Gasteiger partial charge < -0.3 is 10.6 Å². The van der Waals surface area contributed by atoms with E-state index < -0.39 is 6.04 Å². The van der Waals surface area contributed by atoms with E-state index in [1.54, 1.807) is 16.4 Å². The van der Waals surface area contributed by atoms with Gasteiger partial charge in [0.15, 0.2) is 0 Å². The number of halogens is 1.